The second-order valence-electron chi connectivity index (χ2n) is 9.37. The number of hydrogen-bond donors (Lipinski definition) is 0. The van der Waals surface area contributed by atoms with E-state index in [0.717, 1.165) is 42.4 Å². The Hall–Kier alpha value is -1.12. The minimum atomic E-state index is -2.73. The molecule has 3 aliphatic rings. The Bertz CT molecular complexity index is 629. The molecule has 0 amide bonds. The van der Waals surface area contributed by atoms with E-state index in [1.807, 2.05) is 12.1 Å². The molecule has 150 valence electrons. The molecule has 3 heteroatoms. The number of hydrogen-bond acceptors (Lipinski definition) is 1. The van der Waals surface area contributed by atoms with Gasteiger partial charge >= 0.3 is 6.61 Å². The predicted molar refractivity (Wildman–Crippen MR) is 105 cm³/mol. The Morgan fingerprint density at radius 1 is 0.926 bits per heavy atom. The molecule has 2 saturated carbocycles. The number of fused-ring (bicyclic) bond motifs is 2. The molecule has 5 atom stereocenters. The summed E-state index contributed by atoms with van der Waals surface area (Å²) < 4.78 is 29.5. The molecule has 0 bridgehead atoms. The van der Waals surface area contributed by atoms with Crippen molar-refractivity contribution in [2.75, 3.05) is 0 Å². The molecule has 5 unspecified atom stereocenters. The van der Waals surface area contributed by atoms with Crippen LogP contribution in [0.2, 0.25) is 0 Å². The first kappa shape index (κ1) is 19.2. The highest BCUT2D eigenvalue weighted by Crippen LogP contribution is 2.49. The van der Waals surface area contributed by atoms with E-state index in [1.165, 1.54) is 68.9 Å². The van der Waals surface area contributed by atoms with Gasteiger partial charge in [-0.2, -0.15) is 8.78 Å². The van der Waals surface area contributed by atoms with E-state index in [-0.39, 0.29) is 0 Å². The molecule has 4 rings (SSSR count). The van der Waals surface area contributed by atoms with E-state index in [0.29, 0.717) is 5.75 Å². The van der Waals surface area contributed by atoms with Gasteiger partial charge in [0, 0.05) is 0 Å². The SMILES string of the molecule is CCCC1CCC2CC(C3CCc4cc(OC(F)F)ccc4C3)CCC2C1. The Balaban J connectivity index is 1.35. The summed E-state index contributed by atoms with van der Waals surface area (Å²) in [5.74, 6) is 4.94. The Morgan fingerprint density at radius 2 is 1.67 bits per heavy atom. The van der Waals surface area contributed by atoms with E-state index in [1.54, 1.807) is 6.07 Å². The normalized spacial score (nSPS) is 33.4. The smallest absolute Gasteiger partial charge is 0.387 e. The number of aryl methyl sites for hydroxylation is 1. The molecular formula is C24H34F2O. The minimum absolute atomic E-state index is 0.312. The standard InChI is InChI=1S/C24H34F2O/c1-2-3-16-4-5-18-13-19(7-6-17(18)12-16)20-8-9-22-15-23(27-24(25)26)11-10-21(22)14-20/h10-11,15-20,24H,2-9,12-14H2,1H3. The number of benzene rings is 1. The first-order valence-corrected chi connectivity index (χ1v) is 11.2. The number of rotatable bonds is 5. The van der Waals surface area contributed by atoms with E-state index < -0.39 is 6.61 Å². The van der Waals surface area contributed by atoms with Crippen LogP contribution in [-0.4, -0.2) is 6.61 Å². The molecule has 0 radical (unpaired) electrons. The zero-order valence-electron chi connectivity index (χ0n) is 16.6. The molecule has 0 N–H and O–H groups in total. The Labute approximate surface area is 162 Å². The molecule has 0 saturated heterocycles. The molecule has 2 fully saturated rings. The summed E-state index contributed by atoms with van der Waals surface area (Å²) in [5.41, 5.74) is 2.58. The average Bonchev–Trinajstić information content (AvgIpc) is 2.67. The molecule has 0 aromatic heterocycles. The minimum Gasteiger partial charge on any atom is -0.435 e. The van der Waals surface area contributed by atoms with Gasteiger partial charge in [0.1, 0.15) is 5.75 Å². The monoisotopic (exact) mass is 376 g/mol. The van der Waals surface area contributed by atoms with E-state index in [9.17, 15) is 8.78 Å². The number of ether oxygens (including phenoxy) is 1. The summed E-state index contributed by atoms with van der Waals surface area (Å²) >= 11 is 0. The highest BCUT2D eigenvalue weighted by molar-refractivity contribution is 5.37. The molecule has 27 heavy (non-hydrogen) atoms. The third-order valence-corrected chi connectivity index (χ3v) is 7.80. The van der Waals surface area contributed by atoms with Gasteiger partial charge in [0.25, 0.3) is 0 Å². The van der Waals surface area contributed by atoms with Gasteiger partial charge in [0.2, 0.25) is 0 Å². The molecule has 0 spiro atoms. The summed E-state index contributed by atoms with van der Waals surface area (Å²) in [6, 6.07) is 5.59. The van der Waals surface area contributed by atoms with Gasteiger partial charge in [0.15, 0.2) is 0 Å². The van der Waals surface area contributed by atoms with Gasteiger partial charge in [-0.3, -0.25) is 0 Å². The molecular weight excluding hydrogens is 342 g/mol. The highest BCUT2D eigenvalue weighted by atomic mass is 19.3. The van der Waals surface area contributed by atoms with Gasteiger partial charge < -0.3 is 4.74 Å². The lowest BCUT2D eigenvalue weighted by atomic mass is 9.61. The maximum absolute atomic E-state index is 12.4. The van der Waals surface area contributed by atoms with Crippen molar-refractivity contribution in [3.8, 4) is 5.75 Å². The maximum Gasteiger partial charge on any atom is 0.387 e. The second-order valence-corrected chi connectivity index (χ2v) is 9.37. The van der Waals surface area contributed by atoms with Crippen LogP contribution in [0.15, 0.2) is 18.2 Å². The average molecular weight is 377 g/mol. The summed E-state index contributed by atoms with van der Waals surface area (Å²) in [5, 5.41) is 0. The lowest BCUT2D eigenvalue weighted by Crippen LogP contribution is -2.35. The van der Waals surface area contributed by atoms with Crippen molar-refractivity contribution in [3.63, 3.8) is 0 Å². The molecule has 1 aromatic rings. The molecule has 1 aromatic carbocycles. The van der Waals surface area contributed by atoms with E-state index >= 15 is 0 Å². The van der Waals surface area contributed by atoms with Crippen molar-refractivity contribution in [1.29, 1.82) is 0 Å². The Kier molecular flexibility index (Phi) is 6.04. The quantitative estimate of drug-likeness (QED) is 0.536. The molecule has 3 aliphatic carbocycles. The van der Waals surface area contributed by atoms with E-state index in [2.05, 4.69) is 11.7 Å². The van der Waals surface area contributed by atoms with Gasteiger partial charge in [-0.05, 0) is 104 Å². The van der Waals surface area contributed by atoms with Crippen LogP contribution in [0.5, 0.6) is 5.75 Å². The number of alkyl halides is 2. The Morgan fingerprint density at radius 3 is 2.44 bits per heavy atom. The van der Waals surface area contributed by atoms with Gasteiger partial charge in [-0.1, -0.05) is 32.3 Å². The second kappa shape index (κ2) is 8.49. The zero-order valence-corrected chi connectivity index (χ0v) is 16.6. The van der Waals surface area contributed by atoms with Crippen molar-refractivity contribution in [1.82, 2.24) is 0 Å². The lowest BCUT2D eigenvalue weighted by molar-refractivity contribution is -0.0499. The summed E-state index contributed by atoms with van der Waals surface area (Å²) in [6.45, 7) is -0.408. The maximum atomic E-state index is 12.4. The van der Waals surface area contributed by atoms with Crippen LogP contribution in [0.1, 0.15) is 75.8 Å². The van der Waals surface area contributed by atoms with Gasteiger partial charge in [-0.15, -0.1) is 0 Å². The summed E-state index contributed by atoms with van der Waals surface area (Å²) in [6.07, 6.45) is 14.8. The fourth-order valence-corrected chi connectivity index (χ4v) is 6.46. The molecule has 0 heterocycles. The topological polar surface area (TPSA) is 9.23 Å². The third-order valence-electron chi connectivity index (χ3n) is 7.80. The van der Waals surface area contributed by atoms with Crippen molar-refractivity contribution in [2.45, 2.75) is 84.2 Å². The van der Waals surface area contributed by atoms with Crippen LogP contribution >= 0.6 is 0 Å². The van der Waals surface area contributed by atoms with Crippen molar-refractivity contribution < 1.29 is 13.5 Å². The van der Waals surface area contributed by atoms with Crippen LogP contribution in [0.25, 0.3) is 0 Å². The lowest BCUT2D eigenvalue weighted by Gasteiger charge is -2.45. The van der Waals surface area contributed by atoms with E-state index in [4.69, 9.17) is 0 Å². The van der Waals surface area contributed by atoms with Crippen LogP contribution in [0, 0.1) is 29.6 Å². The molecule has 1 nitrogen and oxygen atoms in total. The number of halogens is 2. The summed E-state index contributed by atoms with van der Waals surface area (Å²) in [4.78, 5) is 0. The van der Waals surface area contributed by atoms with Crippen LogP contribution in [0.3, 0.4) is 0 Å². The predicted octanol–water partition coefficient (Wildman–Crippen LogP) is 7.03. The zero-order chi connectivity index (χ0) is 18.8. The van der Waals surface area contributed by atoms with Gasteiger partial charge in [-0.25, -0.2) is 0 Å². The van der Waals surface area contributed by atoms with Crippen LogP contribution < -0.4 is 4.74 Å². The fourth-order valence-electron chi connectivity index (χ4n) is 6.46. The third kappa shape index (κ3) is 4.49. The summed E-state index contributed by atoms with van der Waals surface area (Å²) in [7, 11) is 0. The molecule has 0 aliphatic heterocycles. The van der Waals surface area contributed by atoms with Crippen LogP contribution in [0.4, 0.5) is 8.78 Å². The first-order chi connectivity index (χ1) is 13.1. The fraction of sp³-hybridized carbons (Fsp3) is 0.750. The highest BCUT2D eigenvalue weighted by Gasteiger charge is 2.38. The van der Waals surface area contributed by atoms with Crippen molar-refractivity contribution in [3.05, 3.63) is 29.3 Å². The largest absolute Gasteiger partial charge is 0.435 e. The first-order valence-electron chi connectivity index (χ1n) is 11.2. The van der Waals surface area contributed by atoms with Gasteiger partial charge in [0.05, 0.1) is 0 Å². The van der Waals surface area contributed by atoms with Crippen LogP contribution in [-0.2, 0) is 12.8 Å². The van der Waals surface area contributed by atoms with Crippen molar-refractivity contribution >= 4 is 0 Å². The van der Waals surface area contributed by atoms with Crippen molar-refractivity contribution in [2.24, 2.45) is 29.6 Å².